The number of amides is 2. The summed E-state index contributed by atoms with van der Waals surface area (Å²) in [7, 11) is 0. The number of fused-ring (bicyclic) bond motifs is 3. The maximum absolute atomic E-state index is 14.5. The lowest BCUT2D eigenvalue weighted by atomic mass is 9.77. The number of alkyl halides is 7. The number of piperazine rings is 1. The van der Waals surface area contributed by atoms with Gasteiger partial charge in [-0.25, -0.2) is 9.18 Å². The molecule has 0 aromatic heterocycles. The molecule has 2 atom stereocenters. The van der Waals surface area contributed by atoms with Crippen LogP contribution >= 0.6 is 0 Å². The van der Waals surface area contributed by atoms with E-state index < -0.39 is 29.6 Å². The topological polar surface area (TPSA) is 64.1 Å². The van der Waals surface area contributed by atoms with Crippen LogP contribution in [0.1, 0.15) is 35.4 Å². The summed E-state index contributed by atoms with van der Waals surface area (Å²) in [4.78, 5) is 29.0. The van der Waals surface area contributed by atoms with Gasteiger partial charge in [-0.2, -0.15) is 26.3 Å². The first-order valence-electron chi connectivity index (χ1n) is 11.2. The summed E-state index contributed by atoms with van der Waals surface area (Å²) in [5.41, 5.74) is -6.18. The molecule has 194 valence electrons. The summed E-state index contributed by atoms with van der Waals surface area (Å²) in [6.07, 6.45) is -11.4. The third-order valence-electron chi connectivity index (χ3n) is 7.22. The van der Waals surface area contributed by atoms with Crippen molar-refractivity contribution in [3.05, 3.63) is 34.9 Å². The van der Waals surface area contributed by atoms with E-state index in [-0.39, 0.29) is 36.5 Å². The zero-order chi connectivity index (χ0) is 25.8. The Hall–Kier alpha value is -2.57. The van der Waals surface area contributed by atoms with Crippen molar-refractivity contribution < 1.29 is 45.4 Å². The molecule has 35 heavy (non-hydrogen) atoms. The highest BCUT2D eigenvalue weighted by molar-refractivity contribution is 5.76. The predicted octanol–water partition coefficient (Wildman–Crippen LogP) is 3.90. The maximum atomic E-state index is 14.5. The number of nitrogens with zero attached hydrogens (tertiary/aromatic N) is 3. The van der Waals surface area contributed by atoms with Crippen LogP contribution in [0.15, 0.2) is 18.2 Å². The molecular formula is C22H24F7N3O3. The fourth-order valence-corrected chi connectivity index (χ4v) is 5.47. The number of urea groups is 1. The van der Waals surface area contributed by atoms with Gasteiger partial charge in [-0.1, -0.05) is 18.2 Å². The molecule has 2 amide bonds. The number of carbonyl (C=O) groups excluding carboxylic acids is 1. The summed E-state index contributed by atoms with van der Waals surface area (Å²) >= 11 is 0. The molecule has 13 heteroatoms. The SMILES string of the molecule is O=C(O)CN1CCN(C(=O)N2CC[C@H]3c4ccc(C(F)(C(F)(F)F)C(F)(F)F)cc4CCC32)CC1. The lowest BCUT2D eigenvalue weighted by Crippen LogP contribution is -2.54. The maximum Gasteiger partial charge on any atom is 0.435 e. The van der Waals surface area contributed by atoms with E-state index in [1.807, 2.05) is 0 Å². The number of benzene rings is 1. The van der Waals surface area contributed by atoms with E-state index >= 15 is 0 Å². The third kappa shape index (κ3) is 4.43. The van der Waals surface area contributed by atoms with Crippen molar-refractivity contribution in [3.8, 4) is 0 Å². The Labute approximate surface area is 196 Å². The van der Waals surface area contributed by atoms with E-state index in [0.717, 1.165) is 6.07 Å². The molecule has 0 spiro atoms. The Morgan fingerprint density at radius 3 is 2.11 bits per heavy atom. The molecule has 2 saturated heterocycles. The fraction of sp³-hybridized carbons (Fsp3) is 0.636. The second kappa shape index (κ2) is 8.82. The van der Waals surface area contributed by atoms with Gasteiger partial charge < -0.3 is 14.9 Å². The lowest BCUT2D eigenvalue weighted by Gasteiger charge is -2.39. The molecular weight excluding hydrogens is 487 g/mol. The number of carboxylic acids is 1. The second-order valence-corrected chi connectivity index (χ2v) is 9.20. The minimum Gasteiger partial charge on any atom is -0.480 e. The van der Waals surface area contributed by atoms with Gasteiger partial charge in [0.05, 0.1) is 6.54 Å². The van der Waals surface area contributed by atoms with Gasteiger partial charge in [-0.05, 0) is 30.4 Å². The summed E-state index contributed by atoms with van der Waals surface area (Å²) in [5.74, 6) is -1.22. The molecule has 4 rings (SSSR count). The number of aryl methyl sites for hydroxylation is 1. The van der Waals surface area contributed by atoms with Crippen LogP contribution in [0, 0.1) is 0 Å². The van der Waals surface area contributed by atoms with Crippen LogP contribution in [0.4, 0.5) is 35.5 Å². The van der Waals surface area contributed by atoms with Gasteiger partial charge in [-0.3, -0.25) is 9.69 Å². The summed E-state index contributed by atoms with van der Waals surface area (Å²) in [6.45, 7) is 1.80. The molecule has 6 nitrogen and oxygen atoms in total. The van der Waals surface area contributed by atoms with Crippen LogP contribution < -0.4 is 0 Å². The largest absolute Gasteiger partial charge is 0.480 e. The zero-order valence-corrected chi connectivity index (χ0v) is 18.5. The number of carbonyl (C=O) groups is 2. The summed E-state index contributed by atoms with van der Waals surface area (Å²) < 4.78 is 93.5. The smallest absolute Gasteiger partial charge is 0.435 e. The number of hydrogen-bond donors (Lipinski definition) is 1. The van der Waals surface area contributed by atoms with Crippen molar-refractivity contribution in [1.29, 1.82) is 0 Å². The molecule has 2 aliphatic heterocycles. The zero-order valence-electron chi connectivity index (χ0n) is 18.5. The standard InChI is InChI=1S/C22H24F7N3O3/c23-20(21(24,25)26,22(27,28)29)14-2-3-15-13(11-14)1-4-17-16(15)5-6-32(17)19(35)31-9-7-30(8-10-31)12-18(33)34/h2-3,11,16-17H,1,4-10,12H2,(H,33,34)/t16-,17?/m0/s1. The molecule has 1 aromatic rings. The lowest BCUT2D eigenvalue weighted by molar-refractivity contribution is -0.348. The normalized spacial score (nSPS) is 23.7. The Balaban J connectivity index is 1.50. The average Bonchev–Trinajstić information content (AvgIpc) is 3.20. The predicted molar refractivity (Wildman–Crippen MR) is 109 cm³/mol. The van der Waals surface area contributed by atoms with Gasteiger partial charge in [0.25, 0.3) is 0 Å². The van der Waals surface area contributed by atoms with E-state index in [1.54, 1.807) is 14.7 Å². The first kappa shape index (κ1) is 25.5. The van der Waals surface area contributed by atoms with Crippen LogP contribution in [-0.4, -0.2) is 89.5 Å². The third-order valence-corrected chi connectivity index (χ3v) is 7.22. The fourth-order valence-electron chi connectivity index (χ4n) is 5.47. The molecule has 1 unspecified atom stereocenters. The van der Waals surface area contributed by atoms with Crippen molar-refractivity contribution in [1.82, 2.24) is 14.7 Å². The second-order valence-electron chi connectivity index (χ2n) is 9.20. The minimum atomic E-state index is -6.16. The van der Waals surface area contributed by atoms with E-state index in [1.165, 1.54) is 0 Å². The first-order chi connectivity index (χ1) is 16.2. The van der Waals surface area contributed by atoms with Crippen molar-refractivity contribution in [2.75, 3.05) is 39.3 Å². The first-order valence-corrected chi connectivity index (χ1v) is 11.2. The molecule has 0 radical (unpaired) electrons. The minimum absolute atomic E-state index is 0.113. The van der Waals surface area contributed by atoms with E-state index in [9.17, 15) is 40.3 Å². The van der Waals surface area contributed by atoms with Gasteiger partial charge in [0, 0.05) is 50.2 Å². The van der Waals surface area contributed by atoms with Crippen molar-refractivity contribution in [3.63, 3.8) is 0 Å². The average molecular weight is 511 g/mol. The monoisotopic (exact) mass is 511 g/mol. The molecule has 2 heterocycles. The molecule has 1 aliphatic carbocycles. The molecule has 1 aromatic carbocycles. The van der Waals surface area contributed by atoms with Crippen molar-refractivity contribution >= 4 is 12.0 Å². The summed E-state index contributed by atoms with van der Waals surface area (Å²) in [6, 6.07) is 1.86. The Morgan fingerprint density at radius 2 is 1.54 bits per heavy atom. The van der Waals surface area contributed by atoms with Gasteiger partial charge in [0.1, 0.15) is 0 Å². The van der Waals surface area contributed by atoms with Gasteiger partial charge in [0.2, 0.25) is 0 Å². The molecule has 1 N–H and O–H groups in total. The van der Waals surface area contributed by atoms with Crippen LogP contribution in [-0.2, 0) is 16.9 Å². The van der Waals surface area contributed by atoms with E-state index in [2.05, 4.69) is 0 Å². The van der Waals surface area contributed by atoms with Crippen LogP contribution in [0.3, 0.4) is 0 Å². The van der Waals surface area contributed by atoms with Crippen LogP contribution in [0.5, 0.6) is 0 Å². The number of aliphatic carboxylic acids is 1. The highest BCUT2D eigenvalue weighted by Crippen LogP contribution is 2.54. The summed E-state index contributed by atoms with van der Waals surface area (Å²) in [5, 5.41) is 8.90. The number of hydrogen-bond acceptors (Lipinski definition) is 3. The molecule has 2 fully saturated rings. The van der Waals surface area contributed by atoms with E-state index in [0.29, 0.717) is 63.3 Å². The Morgan fingerprint density at radius 1 is 0.914 bits per heavy atom. The number of halogens is 7. The highest BCUT2D eigenvalue weighted by Gasteiger charge is 2.73. The Bertz CT molecular complexity index is 975. The molecule has 0 bridgehead atoms. The highest BCUT2D eigenvalue weighted by atomic mass is 19.4. The van der Waals surface area contributed by atoms with Gasteiger partial charge in [0.15, 0.2) is 0 Å². The molecule has 0 saturated carbocycles. The molecule has 3 aliphatic rings. The van der Waals surface area contributed by atoms with Crippen molar-refractivity contribution in [2.45, 2.75) is 49.2 Å². The van der Waals surface area contributed by atoms with Crippen molar-refractivity contribution in [2.24, 2.45) is 0 Å². The van der Waals surface area contributed by atoms with Gasteiger partial charge in [-0.15, -0.1) is 0 Å². The number of likely N-dealkylation sites (tertiary alicyclic amines) is 1. The van der Waals surface area contributed by atoms with Gasteiger partial charge >= 0.3 is 30.0 Å². The Kier molecular flexibility index (Phi) is 6.43. The number of rotatable bonds is 3. The van der Waals surface area contributed by atoms with E-state index in [4.69, 9.17) is 5.11 Å². The van der Waals surface area contributed by atoms with Crippen LogP contribution in [0.2, 0.25) is 0 Å². The quantitative estimate of drug-likeness (QED) is 0.626. The number of carboxylic acid groups (broad SMARTS) is 1. The van der Waals surface area contributed by atoms with Crippen LogP contribution in [0.25, 0.3) is 0 Å².